The van der Waals surface area contributed by atoms with Crippen LogP contribution in [0.1, 0.15) is 18.4 Å². The molecule has 0 saturated carbocycles. The minimum absolute atomic E-state index is 0.0864. The Morgan fingerprint density at radius 3 is 2.36 bits per heavy atom. The highest BCUT2D eigenvalue weighted by Crippen LogP contribution is 2.24. The van der Waals surface area contributed by atoms with Crippen LogP contribution in [0.25, 0.3) is 22.2 Å². The minimum Gasteiger partial charge on any atom is -0.354 e. The van der Waals surface area contributed by atoms with Crippen molar-refractivity contribution >= 4 is 34.3 Å². The lowest BCUT2D eigenvalue weighted by atomic mass is 10.0. The van der Waals surface area contributed by atoms with E-state index >= 15 is 0 Å². The molecule has 2 N–H and O–H groups in total. The molecule has 1 atom stereocenters. The number of para-hydroxylation sites is 1. The van der Waals surface area contributed by atoms with Gasteiger partial charge < -0.3 is 10.3 Å². The fourth-order valence-corrected chi connectivity index (χ4v) is 4.28. The number of imide groups is 1. The number of carbonyl (C=O) groups is 3. The zero-order chi connectivity index (χ0) is 22.9. The van der Waals surface area contributed by atoms with Crippen LogP contribution < -0.4 is 10.7 Å². The van der Waals surface area contributed by atoms with Crippen LogP contribution in [0.5, 0.6) is 0 Å². The number of hydrogen-bond donors (Lipinski definition) is 2. The number of amides is 3. The van der Waals surface area contributed by atoms with Crippen molar-refractivity contribution in [2.75, 3.05) is 5.32 Å². The first-order valence-corrected chi connectivity index (χ1v) is 10.8. The normalized spacial score (nSPS) is 14.7. The third kappa shape index (κ3) is 3.89. The first-order chi connectivity index (χ1) is 16.0. The van der Waals surface area contributed by atoms with Gasteiger partial charge in [0, 0.05) is 36.0 Å². The number of benzene rings is 3. The van der Waals surface area contributed by atoms with Crippen LogP contribution in [-0.2, 0) is 20.8 Å². The highest BCUT2D eigenvalue weighted by atomic mass is 16.2. The van der Waals surface area contributed by atoms with E-state index < -0.39 is 11.9 Å². The Bertz CT molecular complexity index is 1390. The summed E-state index contributed by atoms with van der Waals surface area (Å²) < 4.78 is 0. The summed E-state index contributed by atoms with van der Waals surface area (Å²) in [6, 6.07) is 20.8. The minimum atomic E-state index is -1.03. The molecule has 3 aliphatic rings. The highest BCUT2D eigenvalue weighted by molar-refractivity contribution is 6.08. The summed E-state index contributed by atoms with van der Waals surface area (Å²) in [5.41, 5.74) is 2.58. The zero-order valence-electron chi connectivity index (χ0n) is 17.7. The number of H-pyrrole nitrogens is 1. The summed E-state index contributed by atoms with van der Waals surface area (Å²) in [5, 5.41) is 3.55. The summed E-state index contributed by atoms with van der Waals surface area (Å²) in [4.78, 5) is 55.5. The van der Waals surface area contributed by atoms with Gasteiger partial charge >= 0.3 is 0 Å². The van der Waals surface area contributed by atoms with Crippen molar-refractivity contribution in [2.45, 2.75) is 25.3 Å². The van der Waals surface area contributed by atoms with Crippen LogP contribution in [0, 0.1) is 0 Å². The summed E-state index contributed by atoms with van der Waals surface area (Å²) in [7, 11) is 0. The number of carbonyl (C=O) groups excluding carboxylic acids is 3. The quantitative estimate of drug-likeness (QED) is 0.368. The van der Waals surface area contributed by atoms with Crippen molar-refractivity contribution in [2.24, 2.45) is 0 Å². The maximum absolute atomic E-state index is 13.3. The molecule has 1 aliphatic carbocycles. The van der Waals surface area contributed by atoms with E-state index in [0.717, 1.165) is 21.4 Å². The van der Waals surface area contributed by atoms with Crippen molar-refractivity contribution in [1.29, 1.82) is 0 Å². The van der Waals surface area contributed by atoms with Gasteiger partial charge in [-0.1, -0.05) is 48.5 Å². The molecule has 3 amide bonds. The van der Waals surface area contributed by atoms with Crippen molar-refractivity contribution in [3.05, 3.63) is 88.6 Å². The van der Waals surface area contributed by atoms with Crippen molar-refractivity contribution in [3.63, 3.8) is 0 Å². The summed E-state index contributed by atoms with van der Waals surface area (Å²) in [5.74, 6) is -1.32. The molecule has 33 heavy (non-hydrogen) atoms. The zero-order valence-corrected chi connectivity index (χ0v) is 17.7. The third-order valence-corrected chi connectivity index (χ3v) is 5.96. The molecular weight excluding hydrogens is 418 g/mol. The number of hydrogen-bond acceptors (Lipinski definition) is 4. The molecule has 2 heterocycles. The predicted molar refractivity (Wildman–Crippen MR) is 125 cm³/mol. The third-order valence-electron chi connectivity index (χ3n) is 5.96. The van der Waals surface area contributed by atoms with Gasteiger partial charge in [0.2, 0.25) is 23.2 Å². The monoisotopic (exact) mass is 439 g/mol. The van der Waals surface area contributed by atoms with Gasteiger partial charge in [-0.3, -0.25) is 24.1 Å². The molecule has 7 heteroatoms. The molecule has 7 nitrogen and oxygen atoms in total. The van der Waals surface area contributed by atoms with E-state index in [1.54, 1.807) is 18.2 Å². The number of pyridine rings is 1. The van der Waals surface area contributed by atoms with Gasteiger partial charge in [0.1, 0.15) is 6.04 Å². The number of rotatable bonds is 5. The second-order valence-corrected chi connectivity index (χ2v) is 8.11. The predicted octanol–water partition coefficient (Wildman–Crippen LogP) is 3.33. The van der Waals surface area contributed by atoms with Crippen LogP contribution in [0.3, 0.4) is 0 Å². The molecule has 1 fully saturated rings. The number of likely N-dealkylation sites (tertiary alicyclic amines) is 1. The Labute approximate surface area is 189 Å². The largest absolute Gasteiger partial charge is 0.354 e. The smallest absolute Gasteiger partial charge is 0.248 e. The average Bonchev–Trinajstić information content (AvgIpc) is 3.16. The second kappa shape index (κ2) is 8.35. The van der Waals surface area contributed by atoms with Crippen molar-refractivity contribution in [1.82, 2.24) is 9.88 Å². The Hall–Kier alpha value is -4.26. The fraction of sp³-hybridized carbons (Fsp3) is 0.154. The Morgan fingerprint density at radius 1 is 0.909 bits per heavy atom. The number of anilines is 1. The molecule has 0 radical (unpaired) electrons. The number of nitrogens with one attached hydrogen (secondary N) is 2. The molecule has 1 saturated heterocycles. The average molecular weight is 439 g/mol. The molecule has 2 aromatic rings. The molecular formula is C26H21N3O4. The molecule has 164 valence electrons. The Morgan fingerprint density at radius 2 is 1.61 bits per heavy atom. The van der Waals surface area contributed by atoms with Crippen LogP contribution in [0.4, 0.5) is 5.69 Å². The molecule has 0 spiro atoms. The van der Waals surface area contributed by atoms with Gasteiger partial charge in [-0.05, 0) is 35.2 Å². The van der Waals surface area contributed by atoms with Gasteiger partial charge in [0.05, 0.1) is 5.69 Å². The SMILES string of the molecule is O=C(Nc1ccc2[nH]c3ccccc3cc-2c1=O)[C@H](Cc1ccccc1)N1C(=O)CCC1=O. The molecule has 0 unspecified atom stereocenters. The van der Waals surface area contributed by atoms with Crippen LogP contribution in [0.15, 0.2) is 77.6 Å². The molecule has 0 aromatic heterocycles. The first-order valence-electron chi connectivity index (χ1n) is 10.8. The number of fused-ring (bicyclic) bond motifs is 2. The van der Waals surface area contributed by atoms with E-state index in [0.29, 0.717) is 11.3 Å². The lowest BCUT2D eigenvalue weighted by Gasteiger charge is -2.25. The first kappa shape index (κ1) is 20.6. The number of nitrogens with zero attached hydrogens (tertiary/aromatic N) is 1. The summed E-state index contributed by atoms with van der Waals surface area (Å²) in [6.45, 7) is 0. The molecule has 2 aromatic carbocycles. The van der Waals surface area contributed by atoms with Gasteiger partial charge in [-0.25, -0.2) is 0 Å². The summed E-state index contributed by atoms with van der Waals surface area (Å²) >= 11 is 0. The van der Waals surface area contributed by atoms with Crippen molar-refractivity contribution in [3.8, 4) is 11.3 Å². The van der Waals surface area contributed by atoms with Crippen LogP contribution in [-0.4, -0.2) is 33.6 Å². The summed E-state index contributed by atoms with van der Waals surface area (Å²) in [6.07, 6.45) is 0.344. The van der Waals surface area contributed by atoms with E-state index in [9.17, 15) is 19.2 Å². The van der Waals surface area contributed by atoms with E-state index in [4.69, 9.17) is 0 Å². The Kier molecular flexibility index (Phi) is 5.22. The molecule has 0 bridgehead atoms. The van der Waals surface area contributed by atoms with Crippen LogP contribution in [0.2, 0.25) is 0 Å². The maximum atomic E-state index is 13.3. The lowest BCUT2D eigenvalue weighted by Crippen LogP contribution is -2.48. The van der Waals surface area contributed by atoms with Crippen LogP contribution >= 0.6 is 0 Å². The van der Waals surface area contributed by atoms with E-state index in [1.807, 2.05) is 54.6 Å². The van der Waals surface area contributed by atoms with Gasteiger partial charge in [0.15, 0.2) is 0 Å². The fourth-order valence-electron chi connectivity index (χ4n) is 4.28. The maximum Gasteiger partial charge on any atom is 0.248 e. The van der Waals surface area contributed by atoms with E-state index in [-0.39, 0.29) is 42.2 Å². The van der Waals surface area contributed by atoms with Crippen molar-refractivity contribution < 1.29 is 14.4 Å². The molecule has 2 aliphatic heterocycles. The van der Waals surface area contributed by atoms with Gasteiger partial charge in [-0.2, -0.15) is 0 Å². The lowest BCUT2D eigenvalue weighted by molar-refractivity contribution is -0.145. The number of aromatic amines is 1. The topological polar surface area (TPSA) is 99.3 Å². The van der Waals surface area contributed by atoms with E-state index in [1.165, 1.54) is 0 Å². The Balaban J connectivity index is 1.50. The molecule has 5 rings (SSSR count). The second-order valence-electron chi connectivity index (χ2n) is 8.11. The van der Waals surface area contributed by atoms with Gasteiger partial charge in [-0.15, -0.1) is 0 Å². The number of aromatic nitrogens is 1. The highest BCUT2D eigenvalue weighted by Gasteiger charge is 2.39. The standard InChI is InChI=1S/C26H21N3O4/c30-23-12-13-24(31)29(23)22(14-16-6-2-1-3-7-16)26(33)28-21-11-10-20-18(25(21)32)15-17-8-4-5-9-19(17)27-20/h1-11,15,22,27H,12-14H2,(H,28,33)/t22-/m0/s1. The van der Waals surface area contributed by atoms with E-state index in [2.05, 4.69) is 10.3 Å². The van der Waals surface area contributed by atoms with Gasteiger partial charge in [0.25, 0.3) is 0 Å².